The lowest BCUT2D eigenvalue weighted by molar-refractivity contribution is -0.289. The third-order valence-corrected chi connectivity index (χ3v) is 6.43. The van der Waals surface area contributed by atoms with Crippen LogP contribution in [0.2, 0.25) is 10.0 Å². The Bertz CT molecular complexity index is 812. The van der Waals surface area contributed by atoms with Crippen molar-refractivity contribution in [2.24, 2.45) is 0 Å². The molecule has 13 heteroatoms. The van der Waals surface area contributed by atoms with Crippen molar-refractivity contribution < 1.29 is 54.3 Å². The molecule has 182 valence electrons. The molecule has 2 fully saturated rings. The molecular formula is C19H26Cl2O11. The van der Waals surface area contributed by atoms with E-state index in [1.165, 1.54) is 13.2 Å². The van der Waals surface area contributed by atoms with Crippen LogP contribution in [0.5, 0.6) is 11.5 Å². The van der Waals surface area contributed by atoms with Gasteiger partial charge in [-0.05, 0) is 12.5 Å². The zero-order valence-corrected chi connectivity index (χ0v) is 18.7. The van der Waals surface area contributed by atoms with Crippen molar-refractivity contribution in [3.8, 4) is 11.5 Å². The van der Waals surface area contributed by atoms with Gasteiger partial charge in [0.1, 0.15) is 47.6 Å². The molecule has 8 atom stereocenters. The molecule has 2 aliphatic rings. The highest BCUT2D eigenvalue weighted by Crippen LogP contribution is 2.41. The molecule has 3 rings (SSSR count). The first-order valence-electron chi connectivity index (χ1n) is 9.67. The fourth-order valence-electron chi connectivity index (χ4n) is 3.35. The molecule has 6 N–H and O–H groups in total. The van der Waals surface area contributed by atoms with E-state index in [4.69, 9.17) is 46.9 Å². The van der Waals surface area contributed by atoms with Crippen molar-refractivity contribution in [3.63, 3.8) is 0 Å². The molecule has 32 heavy (non-hydrogen) atoms. The van der Waals surface area contributed by atoms with E-state index < -0.39 is 61.9 Å². The highest BCUT2D eigenvalue weighted by molar-refractivity contribution is 6.37. The summed E-state index contributed by atoms with van der Waals surface area (Å²) in [6.45, 7) is 0.105. The average Bonchev–Trinajstić information content (AvgIpc) is 3.07. The van der Waals surface area contributed by atoms with E-state index in [2.05, 4.69) is 0 Å². The van der Waals surface area contributed by atoms with Gasteiger partial charge in [0.25, 0.3) is 0 Å². The Morgan fingerprint density at radius 3 is 2.31 bits per heavy atom. The third kappa shape index (κ3) is 4.79. The molecule has 0 spiro atoms. The quantitative estimate of drug-likeness (QED) is 0.270. The lowest BCUT2D eigenvalue weighted by Gasteiger charge is -2.40. The number of methoxy groups -OCH3 is 1. The summed E-state index contributed by atoms with van der Waals surface area (Å²) in [5.41, 5.74) is -1.43. The molecule has 0 saturated carbocycles. The largest absolute Gasteiger partial charge is 0.495 e. The van der Waals surface area contributed by atoms with E-state index >= 15 is 0 Å². The molecule has 0 aliphatic carbocycles. The Kier molecular flexibility index (Phi) is 8.11. The molecule has 2 heterocycles. The highest BCUT2D eigenvalue weighted by Gasteiger charge is 2.50. The van der Waals surface area contributed by atoms with Crippen LogP contribution in [0, 0.1) is 6.92 Å². The molecule has 0 unspecified atom stereocenters. The summed E-state index contributed by atoms with van der Waals surface area (Å²) in [6, 6.07) is 1.38. The number of rotatable bonds is 7. The van der Waals surface area contributed by atoms with Gasteiger partial charge in [-0.2, -0.15) is 0 Å². The standard InChI is InChI=1S/C19H26Cl2O11/c1-7-11(20)8(28-2)3-9(12(7)21)31-17-15(25)14(24)13(23)10(32-17)4-29-18-16(26)19(27,5-22)6-30-18/h3,10,13-18,22-27H,4-6H2,1-2H3/t10-,13-,14+,15-,16+,17-,18-,19-/m1/s1. The van der Waals surface area contributed by atoms with Crippen LogP contribution in [-0.2, 0) is 14.2 Å². The Balaban J connectivity index is 1.72. The number of benzene rings is 1. The number of halogens is 2. The highest BCUT2D eigenvalue weighted by atomic mass is 35.5. The summed E-state index contributed by atoms with van der Waals surface area (Å²) in [5.74, 6) is 0.318. The van der Waals surface area contributed by atoms with Crippen molar-refractivity contribution in [1.82, 2.24) is 0 Å². The summed E-state index contributed by atoms with van der Waals surface area (Å²) in [7, 11) is 1.40. The number of aliphatic hydroxyl groups excluding tert-OH is 5. The minimum absolute atomic E-state index is 0.0558. The van der Waals surface area contributed by atoms with E-state index in [0.717, 1.165) is 0 Å². The van der Waals surface area contributed by atoms with Crippen molar-refractivity contribution >= 4 is 23.2 Å². The molecule has 2 saturated heterocycles. The topological polar surface area (TPSA) is 168 Å². The van der Waals surface area contributed by atoms with Crippen molar-refractivity contribution in [2.45, 2.75) is 55.6 Å². The zero-order chi connectivity index (χ0) is 23.8. The predicted molar refractivity (Wildman–Crippen MR) is 109 cm³/mol. The average molecular weight is 501 g/mol. The lowest BCUT2D eigenvalue weighted by atomic mass is 9.99. The van der Waals surface area contributed by atoms with Crippen LogP contribution in [0.3, 0.4) is 0 Å². The first-order valence-corrected chi connectivity index (χ1v) is 10.4. The van der Waals surface area contributed by atoms with Gasteiger partial charge in [-0.15, -0.1) is 0 Å². The lowest BCUT2D eigenvalue weighted by Crippen LogP contribution is -2.60. The van der Waals surface area contributed by atoms with Crippen molar-refractivity contribution in [2.75, 3.05) is 26.9 Å². The molecule has 1 aromatic rings. The maximum atomic E-state index is 10.3. The second-order valence-corrected chi connectivity index (χ2v) is 8.44. The van der Waals surface area contributed by atoms with Crippen LogP contribution in [0.15, 0.2) is 6.07 Å². The van der Waals surface area contributed by atoms with Gasteiger partial charge in [0.05, 0.1) is 37.0 Å². The fourth-order valence-corrected chi connectivity index (χ4v) is 3.82. The molecule has 0 radical (unpaired) electrons. The molecule has 11 nitrogen and oxygen atoms in total. The van der Waals surface area contributed by atoms with Crippen LogP contribution >= 0.6 is 23.2 Å². The minimum Gasteiger partial charge on any atom is -0.495 e. The van der Waals surface area contributed by atoms with Gasteiger partial charge in [-0.1, -0.05) is 23.2 Å². The number of aliphatic hydroxyl groups is 6. The van der Waals surface area contributed by atoms with Gasteiger partial charge in [-0.3, -0.25) is 0 Å². The van der Waals surface area contributed by atoms with Gasteiger partial charge < -0.3 is 54.3 Å². The molecule has 2 aliphatic heterocycles. The summed E-state index contributed by atoms with van der Waals surface area (Å²) < 4.78 is 26.9. The van der Waals surface area contributed by atoms with E-state index in [9.17, 15) is 30.6 Å². The summed E-state index contributed by atoms with van der Waals surface area (Å²) in [4.78, 5) is 0. The van der Waals surface area contributed by atoms with E-state index in [-0.39, 0.29) is 28.2 Å². The number of ether oxygens (including phenoxy) is 5. The van der Waals surface area contributed by atoms with Crippen molar-refractivity contribution in [3.05, 3.63) is 21.7 Å². The van der Waals surface area contributed by atoms with Gasteiger partial charge in [0.15, 0.2) is 6.29 Å². The molecular weight excluding hydrogens is 475 g/mol. The van der Waals surface area contributed by atoms with Crippen LogP contribution in [0.25, 0.3) is 0 Å². The predicted octanol–water partition coefficient (Wildman–Crippen LogP) is -1.05. The zero-order valence-electron chi connectivity index (χ0n) is 17.2. The maximum Gasteiger partial charge on any atom is 0.229 e. The normalized spacial score (nSPS) is 37.5. The molecule has 0 bridgehead atoms. The second-order valence-electron chi connectivity index (χ2n) is 7.68. The monoisotopic (exact) mass is 500 g/mol. The third-order valence-electron chi connectivity index (χ3n) is 5.49. The van der Waals surface area contributed by atoms with Gasteiger partial charge >= 0.3 is 0 Å². The van der Waals surface area contributed by atoms with Crippen LogP contribution < -0.4 is 9.47 Å². The molecule has 1 aromatic carbocycles. The summed E-state index contributed by atoms with van der Waals surface area (Å²) >= 11 is 12.4. The molecule has 0 aromatic heterocycles. The Morgan fingerprint density at radius 2 is 1.72 bits per heavy atom. The van der Waals surface area contributed by atoms with Gasteiger partial charge in [-0.25, -0.2) is 0 Å². The summed E-state index contributed by atoms with van der Waals surface area (Å²) in [6.07, 6.45) is -10.4. The van der Waals surface area contributed by atoms with Crippen LogP contribution in [0.4, 0.5) is 0 Å². The minimum atomic E-state index is -1.89. The Morgan fingerprint density at radius 1 is 1.06 bits per heavy atom. The number of hydrogen-bond donors (Lipinski definition) is 6. The SMILES string of the molecule is COc1cc(O[C@@H]2O[C@H](CO[C@@H]3OC[C@](O)(CO)[C@H]3O)[C@@H](O)[C@H](O)[C@H]2O)c(Cl)c(C)c1Cl. The second kappa shape index (κ2) is 10.1. The van der Waals surface area contributed by atoms with Gasteiger partial charge in [0.2, 0.25) is 6.29 Å². The summed E-state index contributed by atoms with van der Waals surface area (Å²) in [5, 5.41) is 60.5. The van der Waals surface area contributed by atoms with E-state index in [0.29, 0.717) is 5.56 Å². The van der Waals surface area contributed by atoms with Crippen molar-refractivity contribution in [1.29, 1.82) is 0 Å². The molecule has 0 amide bonds. The smallest absolute Gasteiger partial charge is 0.229 e. The Labute approximate surface area is 193 Å². The Hall–Kier alpha value is -0.960. The van der Waals surface area contributed by atoms with E-state index in [1.807, 2.05) is 0 Å². The van der Waals surface area contributed by atoms with Crippen LogP contribution in [0.1, 0.15) is 5.56 Å². The first kappa shape index (κ1) is 25.7. The van der Waals surface area contributed by atoms with Gasteiger partial charge in [0, 0.05) is 6.07 Å². The first-order chi connectivity index (χ1) is 15.0. The van der Waals surface area contributed by atoms with Crippen LogP contribution in [-0.4, -0.2) is 106 Å². The maximum absolute atomic E-state index is 10.3. The fraction of sp³-hybridized carbons (Fsp3) is 0.684. The number of hydrogen-bond acceptors (Lipinski definition) is 11. The van der Waals surface area contributed by atoms with E-state index in [1.54, 1.807) is 6.92 Å².